The van der Waals surface area contributed by atoms with Gasteiger partial charge in [-0.1, -0.05) is 12.1 Å². The molecule has 0 amide bonds. The SMILES string of the molecule is CCOC(=O)Cn1ccc2cccc(C(=O)O)c21. The predicted octanol–water partition coefficient (Wildman–Crippen LogP) is 1.90. The molecule has 2 aromatic rings. The number of carboxylic acids is 1. The summed E-state index contributed by atoms with van der Waals surface area (Å²) in [5, 5.41) is 9.92. The van der Waals surface area contributed by atoms with Crippen LogP contribution in [0.2, 0.25) is 0 Å². The number of nitrogens with zero attached hydrogens (tertiary/aromatic N) is 1. The van der Waals surface area contributed by atoms with Crippen LogP contribution >= 0.6 is 0 Å². The summed E-state index contributed by atoms with van der Waals surface area (Å²) >= 11 is 0. The van der Waals surface area contributed by atoms with Gasteiger partial charge < -0.3 is 14.4 Å². The summed E-state index contributed by atoms with van der Waals surface area (Å²) in [6.07, 6.45) is 1.69. The van der Waals surface area contributed by atoms with E-state index in [1.807, 2.05) is 6.07 Å². The van der Waals surface area contributed by atoms with Gasteiger partial charge in [0.05, 0.1) is 17.7 Å². The first kappa shape index (κ1) is 12.2. The zero-order chi connectivity index (χ0) is 13.1. The molecular formula is C13H13NO4. The second kappa shape index (κ2) is 4.91. The van der Waals surface area contributed by atoms with Crippen molar-refractivity contribution in [1.82, 2.24) is 4.57 Å². The molecule has 0 aliphatic heterocycles. The molecule has 1 aromatic heterocycles. The Morgan fingerprint density at radius 3 is 2.78 bits per heavy atom. The molecule has 1 heterocycles. The number of aromatic nitrogens is 1. The highest BCUT2D eigenvalue weighted by atomic mass is 16.5. The van der Waals surface area contributed by atoms with Crippen molar-refractivity contribution in [2.24, 2.45) is 0 Å². The lowest BCUT2D eigenvalue weighted by atomic mass is 10.1. The van der Waals surface area contributed by atoms with Crippen molar-refractivity contribution in [1.29, 1.82) is 0 Å². The second-order valence-corrected chi connectivity index (χ2v) is 3.80. The molecule has 18 heavy (non-hydrogen) atoms. The maximum Gasteiger partial charge on any atom is 0.337 e. The number of carbonyl (C=O) groups excluding carboxylic acids is 1. The van der Waals surface area contributed by atoms with Gasteiger partial charge in [0.15, 0.2) is 0 Å². The zero-order valence-corrected chi connectivity index (χ0v) is 9.92. The van der Waals surface area contributed by atoms with Gasteiger partial charge in [0.25, 0.3) is 0 Å². The van der Waals surface area contributed by atoms with E-state index in [0.29, 0.717) is 12.1 Å². The molecule has 0 spiro atoms. The lowest BCUT2D eigenvalue weighted by molar-refractivity contribution is -0.143. The lowest BCUT2D eigenvalue weighted by Crippen LogP contribution is -2.13. The van der Waals surface area contributed by atoms with Crippen LogP contribution in [-0.4, -0.2) is 28.2 Å². The number of carbonyl (C=O) groups is 2. The van der Waals surface area contributed by atoms with Gasteiger partial charge in [-0.15, -0.1) is 0 Å². The van der Waals surface area contributed by atoms with Crippen molar-refractivity contribution in [2.45, 2.75) is 13.5 Å². The maximum atomic E-state index is 11.4. The van der Waals surface area contributed by atoms with Crippen molar-refractivity contribution in [3.8, 4) is 0 Å². The largest absolute Gasteiger partial charge is 0.478 e. The zero-order valence-electron chi connectivity index (χ0n) is 9.92. The highest BCUT2D eigenvalue weighted by Gasteiger charge is 2.14. The molecule has 0 aliphatic carbocycles. The minimum atomic E-state index is -1.01. The van der Waals surface area contributed by atoms with Crippen LogP contribution in [0.1, 0.15) is 17.3 Å². The first-order valence-electron chi connectivity index (χ1n) is 5.60. The van der Waals surface area contributed by atoms with Crippen LogP contribution < -0.4 is 0 Å². The fourth-order valence-corrected chi connectivity index (χ4v) is 1.91. The number of aromatic carboxylic acids is 1. The molecule has 5 nitrogen and oxygen atoms in total. The molecule has 0 bridgehead atoms. The van der Waals surface area contributed by atoms with Crippen molar-refractivity contribution in [3.05, 3.63) is 36.0 Å². The molecule has 0 atom stereocenters. The number of hydrogen-bond donors (Lipinski definition) is 1. The van der Waals surface area contributed by atoms with Crippen LogP contribution in [0.5, 0.6) is 0 Å². The monoisotopic (exact) mass is 247 g/mol. The van der Waals surface area contributed by atoms with Gasteiger partial charge in [-0.05, 0) is 19.1 Å². The Morgan fingerprint density at radius 1 is 1.33 bits per heavy atom. The number of esters is 1. The Labute approximate surface area is 104 Å². The molecule has 94 valence electrons. The Kier molecular flexibility index (Phi) is 3.32. The fraction of sp³-hybridized carbons (Fsp3) is 0.231. The summed E-state index contributed by atoms with van der Waals surface area (Å²) in [6.45, 7) is 2.06. The van der Waals surface area contributed by atoms with Crippen LogP contribution in [0.25, 0.3) is 10.9 Å². The van der Waals surface area contributed by atoms with Gasteiger partial charge in [-0.2, -0.15) is 0 Å². The average molecular weight is 247 g/mol. The summed E-state index contributed by atoms with van der Waals surface area (Å²) in [5.74, 6) is -1.39. The first-order chi connectivity index (χ1) is 8.63. The molecule has 1 N–H and O–H groups in total. The van der Waals surface area contributed by atoms with Crippen molar-refractivity contribution in [2.75, 3.05) is 6.61 Å². The number of para-hydroxylation sites is 1. The standard InChI is InChI=1S/C13H13NO4/c1-2-18-11(15)8-14-7-6-9-4-3-5-10(12(9)14)13(16)17/h3-7H,2,8H2,1H3,(H,16,17). The van der Waals surface area contributed by atoms with E-state index in [4.69, 9.17) is 9.84 Å². The van der Waals surface area contributed by atoms with E-state index in [9.17, 15) is 9.59 Å². The topological polar surface area (TPSA) is 68.5 Å². The predicted molar refractivity (Wildman–Crippen MR) is 65.5 cm³/mol. The third-order valence-electron chi connectivity index (χ3n) is 2.62. The van der Waals surface area contributed by atoms with E-state index < -0.39 is 5.97 Å². The quantitative estimate of drug-likeness (QED) is 0.838. The average Bonchev–Trinajstić information content (AvgIpc) is 2.72. The first-order valence-corrected chi connectivity index (χ1v) is 5.60. The molecule has 0 unspecified atom stereocenters. The maximum absolute atomic E-state index is 11.4. The molecule has 0 saturated heterocycles. The van der Waals surface area contributed by atoms with E-state index in [-0.39, 0.29) is 18.1 Å². The van der Waals surface area contributed by atoms with Crippen LogP contribution in [0.4, 0.5) is 0 Å². The minimum Gasteiger partial charge on any atom is -0.478 e. The number of ether oxygens (including phenoxy) is 1. The number of carboxylic acid groups (broad SMARTS) is 1. The molecule has 5 heteroatoms. The summed E-state index contributed by atoms with van der Waals surface area (Å²) in [5.41, 5.74) is 0.722. The molecule has 0 aliphatic rings. The minimum absolute atomic E-state index is 0.0155. The molecule has 1 aromatic carbocycles. The van der Waals surface area contributed by atoms with Gasteiger partial charge in [0.1, 0.15) is 6.54 Å². The van der Waals surface area contributed by atoms with Gasteiger partial charge >= 0.3 is 11.9 Å². The third kappa shape index (κ3) is 2.20. The number of hydrogen-bond acceptors (Lipinski definition) is 3. The number of benzene rings is 1. The highest BCUT2D eigenvalue weighted by Crippen LogP contribution is 2.20. The Balaban J connectivity index is 2.45. The second-order valence-electron chi connectivity index (χ2n) is 3.80. The molecule has 0 fully saturated rings. The van der Waals surface area contributed by atoms with Gasteiger partial charge in [0, 0.05) is 11.6 Å². The summed E-state index contributed by atoms with van der Waals surface area (Å²) < 4.78 is 6.45. The Hall–Kier alpha value is -2.30. The Bertz CT molecular complexity index is 600. The summed E-state index contributed by atoms with van der Waals surface area (Å²) in [7, 11) is 0. The number of rotatable bonds is 4. The van der Waals surface area contributed by atoms with Crippen molar-refractivity contribution < 1.29 is 19.4 Å². The van der Waals surface area contributed by atoms with E-state index in [0.717, 1.165) is 5.39 Å². The lowest BCUT2D eigenvalue weighted by Gasteiger charge is -2.07. The van der Waals surface area contributed by atoms with E-state index in [1.165, 1.54) is 6.07 Å². The summed E-state index contributed by atoms with van der Waals surface area (Å²) in [4.78, 5) is 22.6. The van der Waals surface area contributed by atoms with Crippen LogP contribution in [-0.2, 0) is 16.1 Å². The Morgan fingerprint density at radius 2 is 2.11 bits per heavy atom. The molecule has 0 radical (unpaired) electrons. The molecule has 0 saturated carbocycles. The van der Waals surface area contributed by atoms with E-state index in [1.54, 1.807) is 29.8 Å². The number of fused-ring (bicyclic) bond motifs is 1. The molecule has 2 rings (SSSR count). The molecular weight excluding hydrogens is 234 g/mol. The van der Waals surface area contributed by atoms with Gasteiger partial charge in [0.2, 0.25) is 0 Å². The van der Waals surface area contributed by atoms with Crippen molar-refractivity contribution >= 4 is 22.8 Å². The van der Waals surface area contributed by atoms with Crippen LogP contribution in [0.15, 0.2) is 30.5 Å². The van der Waals surface area contributed by atoms with Crippen molar-refractivity contribution in [3.63, 3.8) is 0 Å². The normalized spacial score (nSPS) is 10.5. The van der Waals surface area contributed by atoms with Gasteiger partial charge in [-0.25, -0.2) is 4.79 Å². The highest BCUT2D eigenvalue weighted by molar-refractivity contribution is 6.02. The van der Waals surface area contributed by atoms with E-state index in [2.05, 4.69) is 0 Å². The smallest absolute Gasteiger partial charge is 0.337 e. The summed E-state index contributed by atoms with van der Waals surface area (Å²) in [6, 6.07) is 6.79. The van der Waals surface area contributed by atoms with Crippen LogP contribution in [0, 0.1) is 0 Å². The third-order valence-corrected chi connectivity index (χ3v) is 2.62. The van der Waals surface area contributed by atoms with Gasteiger partial charge in [-0.3, -0.25) is 4.79 Å². The van der Waals surface area contributed by atoms with Crippen LogP contribution in [0.3, 0.4) is 0 Å². The van der Waals surface area contributed by atoms with E-state index >= 15 is 0 Å². The fourth-order valence-electron chi connectivity index (χ4n) is 1.91.